The summed E-state index contributed by atoms with van der Waals surface area (Å²) >= 11 is 0. The van der Waals surface area contributed by atoms with Crippen molar-refractivity contribution in [3.8, 4) is 5.75 Å². The minimum absolute atomic E-state index is 0.128. The molecule has 5 rings (SSSR count). The van der Waals surface area contributed by atoms with Crippen molar-refractivity contribution >= 4 is 11.8 Å². The Bertz CT molecular complexity index is 947. The number of nitrogens with zero attached hydrogens (tertiary/aromatic N) is 1. The van der Waals surface area contributed by atoms with Crippen LogP contribution < -0.4 is 10.5 Å². The van der Waals surface area contributed by atoms with Gasteiger partial charge in [-0.2, -0.15) is 0 Å². The Kier molecular flexibility index (Phi) is 4.32. The lowest BCUT2D eigenvalue weighted by molar-refractivity contribution is -0.226. The normalized spacial score (nSPS) is 30.1. The van der Waals surface area contributed by atoms with Crippen molar-refractivity contribution < 1.29 is 19.1 Å². The number of hydrogen-bond acceptors (Lipinski definition) is 4. The third-order valence-electron chi connectivity index (χ3n) is 6.60. The van der Waals surface area contributed by atoms with Gasteiger partial charge in [-0.25, -0.2) is 0 Å². The lowest BCUT2D eigenvalue weighted by Gasteiger charge is -2.60. The summed E-state index contributed by atoms with van der Waals surface area (Å²) in [6.45, 7) is 1.43. The number of rotatable bonds is 4. The average molecular weight is 392 g/mol. The monoisotopic (exact) mass is 392 g/mol. The maximum absolute atomic E-state index is 13.6. The van der Waals surface area contributed by atoms with Gasteiger partial charge in [0.05, 0.1) is 19.1 Å². The summed E-state index contributed by atoms with van der Waals surface area (Å²) in [5.74, 6) is -1.43. The van der Waals surface area contributed by atoms with Crippen molar-refractivity contribution in [2.75, 3.05) is 19.8 Å². The molecule has 2 saturated heterocycles. The molecule has 0 radical (unpaired) electrons. The number of benzene rings is 2. The Labute approximate surface area is 169 Å². The number of carbonyl (C=O) groups excluding carboxylic acids is 2. The molecule has 3 heterocycles. The number of fused-ring (bicyclic) bond motifs is 2. The zero-order valence-electron chi connectivity index (χ0n) is 16.1. The van der Waals surface area contributed by atoms with Crippen molar-refractivity contribution in [1.82, 2.24) is 4.90 Å². The fraction of sp³-hybridized carbons (Fsp3) is 0.391. The van der Waals surface area contributed by atoms with E-state index in [0.29, 0.717) is 32.6 Å². The second-order valence-corrected chi connectivity index (χ2v) is 8.05. The van der Waals surface area contributed by atoms with E-state index < -0.39 is 17.6 Å². The van der Waals surface area contributed by atoms with Gasteiger partial charge in [0.2, 0.25) is 11.8 Å². The highest BCUT2D eigenvalue weighted by atomic mass is 16.5. The quantitative estimate of drug-likeness (QED) is 0.808. The molecule has 2 fully saturated rings. The molecule has 150 valence electrons. The molecule has 2 bridgehead atoms. The molecule has 4 atom stereocenters. The van der Waals surface area contributed by atoms with Crippen LogP contribution in [-0.4, -0.2) is 42.2 Å². The fourth-order valence-electron chi connectivity index (χ4n) is 5.31. The largest absolute Gasteiger partial charge is 0.467 e. The van der Waals surface area contributed by atoms with Crippen LogP contribution in [0.4, 0.5) is 0 Å². The Balaban J connectivity index is 1.60. The van der Waals surface area contributed by atoms with E-state index >= 15 is 0 Å². The van der Waals surface area contributed by atoms with Crippen molar-refractivity contribution in [1.29, 1.82) is 0 Å². The summed E-state index contributed by atoms with van der Waals surface area (Å²) in [5, 5.41) is 0. The van der Waals surface area contributed by atoms with Crippen molar-refractivity contribution in [2.45, 2.75) is 24.5 Å². The lowest BCUT2D eigenvalue weighted by Crippen LogP contribution is -2.73. The molecule has 6 heteroatoms. The molecule has 0 aliphatic carbocycles. The highest BCUT2D eigenvalue weighted by Gasteiger charge is 2.64. The number of likely N-dealkylation sites (tertiary alicyclic amines) is 1. The van der Waals surface area contributed by atoms with Crippen LogP contribution in [-0.2, 0) is 20.7 Å². The third kappa shape index (κ3) is 2.74. The number of piperidine rings is 1. The number of hydrogen-bond donors (Lipinski definition) is 1. The van der Waals surface area contributed by atoms with Gasteiger partial charge in [0, 0.05) is 18.9 Å². The summed E-state index contributed by atoms with van der Waals surface area (Å²) in [7, 11) is 0. The number of ether oxygens (including phenoxy) is 2. The van der Waals surface area contributed by atoms with Crippen LogP contribution >= 0.6 is 0 Å². The molecule has 2 N–H and O–H groups in total. The maximum atomic E-state index is 13.6. The van der Waals surface area contributed by atoms with Gasteiger partial charge in [0.15, 0.2) is 5.72 Å². The van der Waals surface area contributed by atoms with Crippen LogP contribution in [0.2, 0.25) is 0 Å². The molecular weight excluding hydrogens is 368 g/mol. The van der Waals surface area contributed by atoms with Gasteiger partial charge in [-0.05, 0) is 23.6 Å². The topological polar surface area (TPSA) is 81.9 Å². The Morgan fingerprint density at radius 1 is 1.14 bits per heavy atom. The van der Waals surface area contributed by atoms with Crippen LogP contribution in [0.15, 0.2) is 54.6 Å². The van der Waals surface area contributed by atoms with Gasteiger partial charge < -0.3 is 20.1 Å². The van der Waals surface area contributed by atoms with Crippen molar-refractivity contribution in [3.05, 3.63) is 65.7 Å². The first-order valence-electron chi connectivity index (χ1n) is 10.1. The van der Waals surface area contributed by atoms with E-state index in [2.05, 4.69) is 0 Å². The summed E-state index contributed by atoms with van der Waals surface area (Å²) in [4.78, 5) is 27.8. The molecule has 2 aromatic carbocycles. The molecule has 29 heavy (non-hydrogen) atoms. The van der Waals surface area contributed by atoms with E-state index in [1.54, 1.807) is 4.90 Å². The molecule has 3 aliphatic heterocycles. The second-order valence-electron chi connectivity index (χ2n) is 8.05. The van der Waals surface area contributed by atoms with Gasteiger partial charge in [0.25, 0.3) is 0 Å². The average Bonchev–Trinajstić information content (AvgIpc) is 2.73. The van der Waals surface area contributed by atoms with Crippen LogP contribution in [0.25, 0.3) is 0 Å². The molecule has 4 unspecified atom stereocenters. The first-order chi connectivity index (χ1) is 14.1. The third-order valence-corrected chi connectivity index (χ3v) is 6.60. The number of para-hydroxylation sites is 1. The van der Waals surface area contributed by atoms with E-state index in [0.717, 1.165) is 16.9 Å². The molecule has 0 spiro atoms. The molecule has 2 amide bonds. The number of amides is 2. The lowest BCUT2D eigenvalue weighted by atomic mass is 9.64. The van der Waals surface area contributed by atoms with Gasteiger partial charge >= 0.3 is 0 Å². The Hall–Kier alpha value is -2.86. The number of primary amides is 1. The predicted molar refractivity (Wildman–Crippen MR) is 106 cm³/mol. The smallest absolute Gasteiger partial charge is 0.238 e. The molecule has 2 aromatic rings. The minimum atomic E-state index is -0.907. The summed E-state index contributed by atoms with van der Waals surface area (Å²) < 4.78 is 12.4. The summed E-state index contributed by atoms with van der Waals surface area (Å²) in [6.07, 6.45) is 1.26. The first kappa shape index (κ1) is 18.2. The first-order valence-corrected chi connectivity index (χ1v) is 10.1. The van der Waals surface area contributed by atoms with Crippen LogP contribution in [0, 0.1) is 11.8 Å². The van der Waals surface area contributed by atoms with Crippen LogP contribution in [0.1, 0.15) is 23.5 Å². The summed E-state index contributed by atoms with van der Waals surface area (Å²) in [5.41, 5.74) is 6.98. The zero-order valence-corrected chi connectivity index (χ0v) is 16.1. The molecule has 6 nitrogen and oxygen atoms in total. The van der Waals surface area contributed by atoms with Gasteiger partial charge in [0.1, 0.15) is 11.7 Å². The Morgan fingerprint density at radius 3 is 2.69 bits per heavy atom. The predicted octanol–water partition coefficient (Wildman–Crippen LogP) is 2.08. The standard InChI is InChI=1S/C23H24N2O4/c24-21(26)20-19-16-8-4-5-9-18(16)29-23(11-13-28-14-17(19)23)25(22(20)27)12-10-15-6-2-1-3-7-15/h1-9,17,19-20H,10-14H2,(H2,24,26). The van der Waals surface area contributed by atoms with E-state index in [1.807, 2.05) is 54.6 Å². The molecule has 0 saturated carbocycles. The number of carbonyl (C=O) groups is 2. The summed E-state index contributed by atoms with van der Waals surface area (Å²) in [6, 6.07) is 17.7. The van der Waals surface area contributed by atoms with E-state index in [1.165, 1.54) is 0 Å². The van der Waals surface area contributed by atoms with E-state index in [4.69, 9.17) is 15.2 Å². The number of nitrogens with two attached hydrogens (primary N) is 1. The van der Waals surface area contributed by atoms with E-state index in [9.17, 15) is 9.59 Å². The zero-order chi connectivity index (χ0) is 20.0. The van der Waals surface area contributed by atoms with Crippen molar-refractivity contribution in [3.63, 3.8) is 0 Å². The van der Waals surface area contributed by atoms with Gasteiger partial charge in [-0.15, -0.1) is 0 Å². The molecule has 3 aliphatic rings. The van der Waals surface area contributed by atoms with Crippen LogP contribution in [0.3, 0.4) is 0 Å². The fourth-order valence-corrected chi connectivity index (χ4v) is 5.31. The highest BCUT2D eigenvalue weighted by molar-refractivity contribution is 6.02. The maximum Gasteiger partial charge on any atom is 0.238 e. The second kappa shape index (κ2) is 6.88. The van der Waals surface area contributed by atoms with Gasteiger partial charge in [-0.3, -0.25) is 9.59 Å². The molecular formula is C23H24N2O4. The minimum Gasteiger partial charge on any atom is -0.467 e. The van der Waals surface area contributed by atoms with Crippen LogP contribution in [0.5, 0.6) is 5.75 Å². The van der Waals surface area contributed by atoms with E-state index in [-0.39, 0.29) is 17.7 Å². The highest BCUT2D eigenvalue weighted by Crippen LogP contribution is 2.56. The van der Waals surface area contributed by atoms with Crippen molar-refractivity contribution in [2.24, 2.45) is 17.6 Å². The SMILES string of the molecule is NC(=O)C1C(=O)N(CCc2ccccc2)C23CCOCC2C1c1ccccc1O3. The van der Waals surface area contributed by atoms with Gasteiger partial charge in [-0.1, -0.05) is 48.5 Å². The molecule has 0 aromatic heterocycles. The Morgan fingerprint density at radius 2 is 1.90 bits per heavy atom.